The number of fused-ring (bicyclic) bond motifs is 1. The van der Waals surface area contributed by atoms with Crippen LogP contribution in [0, 0.1) is 19.8 Å². The summed E-state index contributed by atoms with van der Waals surface area (Å²) in [4.78, 5) is 15.7. The lowest BCUT2D eigenvalue weighted by atomic mass is 10.0. The molecule has 3 rings (SSSR count). The number of carbonyl (C=O) groups excluding carboxylic acids is 1. The first-order valence-corrected chi connectivity index (χ1v) is 8.06. The van der Waals surface area contributed by atoms with E-state index in [1.54, 1.807) is 0 Å². The van der Waals surface area contributed by atoms with Crippen LogP contribution in [0.1, 0.15) is 35.7 Å². The number of rotatable bonds is 4. The SMILES string of the molecule is CCc1[nH]c2c(CNC(=O)[C@H]3CCOC3)cc(C)cc2c1C. The molecule has 0 bridgehead atoms. The summed E-state index contributed by atoms with van der Waals surface area (Å²) in [5, 5.41) is 4.34. The van der Waals surface area contributed by atoms with Crippen molar-refractivity contribution >= 4 is 16.8 Å². The van der Waals surface area contributed by atoms with E-state index in [9.17, 15) is 4.79 Å². The zero-order valence-corrected chi connectivity index (χ0v) is 13.6. The third kappa shape index (κ3) is 2.75. The van der Waals surface area contributed by atoms with E-state index in [1.807, 2.05) is 0 Å². The van der Waals surface area contributed by atoms with Crippen LogP contribution in [0.4, 0.5) is 0 Å². The van der Waals surface area contributed by atoms with E-state index in [0.717, 1.165) is 23.9 Å². The minimum absolute atomic E-state index is 0.0110. The van der Waals surface area contributed by atoms with Gasteiger partial charge in [0.1, 0.15) is 0 Å². The molecule has 2 aromatic rings. The minimum Gasteiger partial charge on any atom is -0.381 e. The number of carbonyl (C=O) groups is 1. The molecule has 1 atom stereocenters. The predicted molar refractivity (Wildman–Crippen MR) is 87.9 cm³/mol. The smallest absolute Gasteiger partial charge is 0.225 e. The fourth-order valence-corrected chi connectivity index (χ4v) is 3.27. The molecule has 1 aliphatic heterocycles. The third-order valence-electron chi connectivity index (χ3n) is 4.60. The Morgan fingerprint density at radius 3 is 2.91 bits per heavy atom. The van der Waals surface area contributed by atoms with Crippen LogP contribution in [0.25, 0.3) is 10.9 Å². The summed E-state index contributed by atoms with van der Waals surface area (Å²) in [5.74, 6) is 0.114. The Kier molecular flexibility index (Phi) is 4.21. The second-order valence-electron chi connectivity index (χ2n) is 6.21. The second-order valence-corrected chi connectivity index (χ2v) is 6.21. The van der Waals surface area contributed by atoms with E-state index in [1.165, 1.54) is 22.2 Å². The van der Waals surface area contributed by atoms with Crippen molar-refractivity contribution in [3.8, 4) is 0 Å². The Hall–Kier alpha value is -1.81. The molecule has 2 heterocycles. The molecule has 0 unspecified atom stereocenters. The average Bonchev–Trinajstić information content (AvgIpc) is 3.13. The lowest BCUT2D eigenvalue weighted by molar-refractivity contribution is -0.125. The summed E-state index contributed by atoms with van der Waals surface area (Å²) >= 11 is 0. The van der Waals surface area contributed by atoms with Crippen molar-refractivity contribution in [2.24, 2.45) is 5.92 Å². The highest BCUT2D eigenvalue weighted by Gasteiger charge is 2.23. The van der Waals surface area contributed by atoms with Crippen molar-refractivity contribution in [3.05, 3.63) is 34.5 Å². The van der Waals surface area contributed by atoms with Crippen molar-refractivity contribution in [1.29, 1.82) is 0 Å². The first-order chi connectivity index (χ1) is 10.6. The van der Waals surface area contributed by atoms with Gasteiger partial charge in [0.25, 0.3) is 0 Å². The zero-order valence-electron chi connectivity index (χ0n) is 13.6. The highest BCUT2D eigenvalue weighted by atomic mass is 16.5. The maximum absolute atomic E-state index is 12.2. The van der Waals surface area contributed by atoms with Crippen LogP contribution in [0.3, 0.4) is 0 Å². The second kappa shape index (κ2) is 6.13. The molecule has 118 valence electrons. The molecule has 0 aliphatic carbocycles. The van der Waals surface area contributed by atoms with Crippen LogP contribution in [-0.4, -0.2) is 24.1 Å². The van der Waals surface area contributed by atoms with Gasteiger partial charge >= 0.3 is 0 Å². The van der Waals surface area contributed by atoms with Crippen LogP contribution in [-0.2, 0) is 22.5 Å². The zero-order chi connectivity index (χ0) is 15.7. The molecule has 4 nitrogen and oxygen atoms in total. The Bertz CT molecular complexity index is 697. The summed E-state index contributed by atoms with van der Waals surface area (Å²) in [6, 6.07) is 4.37. The van der Waals surface area contributed by atoms with E-state index in [4.69, 9.17) is 4.74 Å². The van der Waals surface area contributed by atoms with Gasteiger partial charge in [-0.05, 0) is 43.9 Å². The summed E-state index contributed by atoms with van der Waals surface area (Å²) < 4.78 is 5.29. The van der Waals surface area contributed by atoms with Gasteiger partial charge in [0.15, 0.2) is 0 Å². The Labute approximate surface area is 131 Å². The summed E-state index contributed by atoms with van der Waals surface area (Å²) in [7, 11) is 0. The number of hydrogen-bond acceptors (Lipinski definition) is 2. The van der Waals surface area contributed by atoms with Crippen LogP contribution in [0.15, 0.2) is 12.1 Å². The fourth-order valence-electron chi connectivity index (χ4n) is 3.27. The highest BCUT2D eigenvalue weighted by Crippen LogP contribution is 2.27. The number of nitrogens with one attached hydrogen (secondary N) is 2. The number of H-pyrrole nitrogens is 1. The van der Waals surface area contributed by atoms with E-state index in [-0.39, 0.29) is 11.8 Å². The minimum atomic E-state index is 0.0110. The number of aromatic amines is 1. The van der Waals surface area contributed by atoms with Crippen LogP contribution in [0.5, 0.6) is 0 Å². The molecular weight excluding hydrogens is 276 g/mol. The number of aryl methyl sites for hydroxylation is 3. The van der Waals surface area contributed by atoms with Gasteiger partial charge in [0.2, 0.25) is 5.91 Å². The van der Waals surface area contributed by atoms with Gasteiger partial charge in [0, 0.05) is 24.2 Å². The number of ether oxygens (including phenoxy) is 1. The van der Waals surface area contributed by atoms with Gasteiger partial charge in [-0.25, -0.2) is 0 Å². The Balaban J connectivity index is 1.85. The van der Waals surface area contributed by atoms with Gasteiger partial charge < -0.3 is 15.0 Å². The number of aromatic nitrogens is 1. The van der Waals surface area contributed by atoms with Crippen molar-refractivity contribution in [2.45, 2.75) is 40.2 Å². The summed E-state index contributed by atoms with van der Waals surface area (Å²) in [5.41, 5.74) is 6.13. The maximum atomic E-state index is 12.2. The first-order valence-electron chi connectivity index (χ1n) is 8.06. The quantitative estimate of drug-likeness (QED) is 0.912. The van der Waals surface area contributed by atoms with Gasteiger partial charge in [-0.3, -0.25) is 4.79 Å². The molecule has 2 N–H and O–H groups in total. The molecule has 1 aliphatic rings. The molecule has 4 heteroatoms. The maximum Gasteiger partial charge on any atom is 0.225 e. The van der Waals surface area contributed by atoms with Crippen LogP contribution < -0.4 is 5.32 Å². The molecule has 0 saturated carbocycles. The Morgan fingerprint density at radius 1 is 1.41 bits per heavy atom. The van der Waals surface area contributed by atoms with Crippen LogP contribution >= 0.6 is 0 Å². The van der Waals surface area contributed by atoms with Gasteiger partial charge in [-0.2, -0.15) is 0 Å². The number of benzene rings is 1. The van der Waals surface area contributed by atoms with Gasteiger partial charge in [0.05, 0.1) is 18.0 Å². The number of hydrogen-bond donors (Lipinski definition) is 2. The molecule has 1 aromatic heterocycles. The largest absolute Gasteiger partial charge is 0.381 e. The standard InChI is InChI=1S/C18H24N2O2/c1-4-16-12(3)15-8-11(2)7-14(17(15)20-16)9-19-18(21)13-5-6-22-10-13/h7-8,13,20H,4-6,9-10H2,1-3H3,(H,19,21)/t13-/m0/s1. The van der Waals surface area contributed by atoms with E-state index in [0.29, 0.717) is 19.8 Å². The fraction of sp³-hybridized carbons (Fsp3) is 0.500. The molecule has 0 spiro atoms. The lowest BCUT2D eigenvalue weighted by Crippen LogP contribution is -2.30. The van der Waals surface area contributed by atoms with Gasteiger partial charge in [-0.15, -0.1) is 0 Å². The van der Waals surface area contributed by atoms with Gasteiger partial charge in [-0.1, -0.05) is 18.6 Å². The lowest BCUT2D eigenvalue weighted by Gasteiger charge is -2.11. The van der Waals surface area contributed by atoms with Crippen LogP contribution in [0.2, 0.25) is 0 Å². The average molecular weight is 300 g/mol. The molecular formula is C18H24N2O2. The first kappa shape index (κ1) is 15.1. The van der Waals surface area contributed by atoms with Crippen molar-refractivity contribution in [1.82, 2.24) is 10.3 Å². The topological polar surface area (TPSA) is 54.1 Å². The van der Waals surface area contributed by atoms with Crippen molar-refractivity contribution in [2.75, 3.05) is 13.2 Å². The normalized spacial score (nSPS) is 18.0. The monoisotopic (exact) mass is 300 g/mol. The molecule has 1 amide bonds. The summed E-state index contributed by atoms with van der Waals surface area (Å²) in [6.07, 6.45) is 1.82. The molecule has 0 radical (unpaired) electrons. The van der Waals surface area contributed by atoms with E-state index >= 15 is 0 Å². The number of amides is 1. The van der Waals surface area contributed by atoms with Crippen molar-refractivity contribution < 1.29 is 9.53 Å². The third-order valence-corrected chi connectivity index (χ3v) is 4.60. The van der Waals surface area contributed by atoms with E-state index in [2.05, 4.69) is 43.2 Å². The molecule has 1 saturated heterocycles. The molecule has 1 aromatic carbocycles. The van der Waals surface area contributed by atoms with Crippen molar-refractivity contribution in [3.63, 3.8) is 0 Å². The molecule has 1 fully saturated rings. The summed E-state index contributed by atoms with van der Waals surface area (Å²) in [6.45, 7) is 8.24. The highest BCUT2D eigenvalue weighted by molar-refractivity contribution is 5.88. The van der Waals surface area contributed by atoms with E-state index < -0.39 is 0 Å². The molecule has 22 heavy (non-hydrogen) atoms. The predicted octanol–water partition coefficient (Wildman–Crippen LogP) is 3.00. The Morgan fingerprint density at radius 2 is 2.23 bits per heavy atom.